The van der Waals surface area contributed by atoms with Crippen LogP contribution in [0.25, 0.3) is 21.5 Å². The Bertz CT molecular complexity index is 1220. The molecule has 0 aliphatic carbocycles. The van der Waals surface area contributed by atoms with Gasteiger partial charge in [0.25, 0.3) is 5.91 Å². The van der Waals surface area contributed by atoms with Crippen LogP contribution in [0.4, 0.5) is 5.69 Å². The number of halogens is 1. The lowest BCUT2D eigenvalue weighted by Crippen LogP contribution is -2.13. The summed E-state index contributed by atoms with van der Waals surface area (Å²) in [5.74, 6) is -0.694. The first-order valence-electron chi connectivity index (χ1n) is 8.70. The molecule has 0 spiro atoms. The van der Waals surface area contributed by atoms with Crippen LogP contribution in [0.1, 0.15) is 20.7 Å². The number of esters is 1. The molecule has 7 heteroatoms. The molecule has 0 saturated carbocycles. The summed E-state index contributed by atoms with van der Waals surface area (Å²) in [6.45, 7) is 0. The van der Waals surface area contributed by atoms with E-state index in [1.165, 1.54) is 18.4 Å². The summed E-state index contributed by atoms with van der Waals surface area (Å²) in [6.07, 6.45) is 0. The van der Waals surface area contributed by atoms with Gasteiger partial charge in [0, 0.05) is 11.1 Å². The van der Waals surface area contributed by atoms with Gasteiger partial charge in [-0.3, -0.25) is 4.79 Å². The number of nitrogens with zero attached hydrogens (tertiary/aromatic N) is 1. The van der Waals surface area contributed by atoms with Gasteiger partial charge in [-0.15, -0.1) is 11.3 Å². The standard InChI is InChI=1S/C22H15ClN2O3S/c1-28-22(27)13-6-8-14(9-7-13)24-21(26)16-12-18(19-10-11-20(23)29-19)25-17-5-3-2-4-15(16)17/h2-12H,1H3,(H,24,26). The predicted octanol–water partition coefficient (Wildman–Crippen LogP) is 5.66. The highest BCUT2D eigenvalue weighted by Gasteiger charge is 2.15. The molecule has 1 N–H and O–H groups in total. The van der Waals surface area contributed by atoms with E-state index in [2.05, 4.69) is 10.3 Å². The number of thiophene rings is 1. The zero-order chi connectivity index (χ0) is 20.4. The molecule has 0 atom stereocenters. The Balaban J connectivity index is 1.70. The molecular weight excluding hydrogens is 408 g/mol. The van der Waals surface area contributed by atoms with Crippen molar-refractivity contribution in [3.8, 4) is 10.6 Å². The van der Waals surface area contributed by atoms with E-state index in [0.717, 1.165) is 15.8 Å². The van der Waals surface area contributed by atoms with E-state index in [0.29, 0.717) is 26.8 Å². The minimum absolute atomic E-state index is 0.265. The number of ether oxygens (including phenoxy) is 1. The molecular formula is C22H15ClN2O3S. The number of carbonyl (C=O) groups excluding carboxylic acids is 2. The number of hydrogen-bond donors (Lipinski definition) is 1. The summed E-state index contributed by atoms with van der Waals surface area (Å²) in [6, 6.07) is 19.5. The third kappa shape index (κ3) is 3.99. The highest BCUT2D eigenvalue weighted by molar-refractivity contribution is 7.19. The van der Waals surface area contributed by atoms with Crippen molar-refractivity contribution >= 4 is 51.4 Å². The van der Waals surface area contributed by atoms with Gasteiger partial charge in [-0.25, -0.2) is 9.78 Å². The van der Waals surface area contributed by atoms with Gasteiger partial charge >= 0.3 is 5.97 Å². The van der Waals surface area contributed by atoms with Crippen LogP contribution in [-0.2, 0) is 4.74 Å². The number of pyridine rings is 1. The summed E-state index contributed by atoms with van der Waals surface area (Å²) >= 11 is 7.47. The molecule has 144 valence electrons. The predicted molar refractivity (Wildman–Crippen MR) is 116 cm³/mol. The number of hydrogen-bond acceptors (Lipinski definition) is 5. The monoisotopic (exact) mass is 422 g/mol. The minimum atomic E-state index is -0.428. The Labute approximate surface area is 175 Å². The second kappa shape index (κ2) is 8.03. The van der Waals surface area contributed by atoms with Crippen molar-refractivity contribution in [1.29, 1.82) is 0 Å². The highest BCUT2D eigenvalue weighted by Crippen LogP contribution is 2.32. The molecule has 29 heavy (non-hydrogen) atoms. The fourth-order valence-electron chi connectivity index (χ4n) is 2.95. The molecule has 1 amide bonds. The third-order valence-corrected chi connectivity index (χ3v) is 5.60. The molecule has 0 saturated heterocycles. The van der Waals surface area contributed by atoms with Gasteiger partial charge in [0.05, 0.1) is 38.7 Å². The van der Waals surface area contributed by atoms with Crippen molar-refractivity contribution < 1.29 is 14.3 Å². The Morgan fingerprint density at radius 1 is 1.03 bits per heavy atom. The van der Waals surface area contributed by atoms with Crippen LogP contribution in [0.3, 0.4) is 0 Å². The van der Waals surface area contributed by atoms with Gasteiger partial charge < -0.3 is 10.1 Å². The number of fused-ring (bicyclic) bond motifs is 1. The first-order chi connectivity index (χ1) is 14.0. The number of nitrogens with one attached hydrogen (secondary N) is 1. The fourth-order valence-corrected chi connectivity index (χ4v) is 3.95. The lowest BCUT2D eigenvalue weighted by Gasteiger charge is -2.10. The van der Waals surface area contributed by atoms with Gasteiger partial charge in [-0.05, 0) is 48.5 Å². The second-order valence-corrected chi connectivity index (χ2v) is 7.91. The van der Waals surface area contributed by atoms with Gasteiger partial charge in [0.2, 0.25) is 0 Å². The maximum atomic E-state index is 13.0. The quantitative estimate of drug-likeness (QED) is 0.431. The van der Waals surface area contributed by atoms with E-state index in [1.807, 2.05) is 30.3 Å². The average molecular weight is 423 g/mol. The van der Waals surface area contributed by atoms with Crippen LogP contribution >= 0.6 is 22.9 Å². The highest BCUT2D eigenvalue weighted by atomic mass is 35.5. The van der Waals surface area contributed by atoms with Crippen molar-refractivity contribution in [1.82, 2.24) is 4.98 Å². The van der Waals surface area contributed by atoms with Gasteiger partial charge in [0.15, 0.2) is 0 Å². The van der Waals surface area contributed by atoms with E-state index < -0.39 is 5.97 Å². The van der Waals surface area contributed by atoms with Crippen molar-refractivity contribution in [2.45, 2.75) is 0 Å². The van der Waals surface area contributed by atoms with Crippen LogP contribution in [0, 0.1) is 0 Å². The Morgan fingerprint density at radius 3 is 2.48 bits per heavy atom. The van der Waals surface area contributed by atoms with Gasteiger partial charge in [-0.2, -0.15) is 0 Å². The lowest BCUT2D eigenvalue weighted by atomic mass is 10.1. The molecule has 0 aliphatic heterocycles. The van der Waals surface area contributed by atoms with Gasteiger partial charge in [0.1, 0.15) is 0 Å². The lowest BCUT2D eigenvalue weighted by molar-refractivity contribution is 0.0600. The van der Waals surface area contributed by atoms with Crippen LogP contribution in [0.15, 0.2) is 66.7 Å². The molecule has 0 bridgehead atoms. The molecule has 5 nitrogen and oxygen atoms in total. The summed E-state index contributed by atoms with van der Waals surface area (Å²) in [5.41, 5.74) is 2.90. The number of rotatable bonds is 4. The smallest absolute Gasteiger partial charge is 0.337 e. The number of amides is 1. The van der Waals surface area contributed by atoms with E-state index in [1.54, 1.807) is 36.4 Å². The van der Waals surface area contributed by atoms with E-state index in [-0.39, 0.29) is 5.91 Å². The summed E-state index contributed by atoms with van der Waals surface area (Å²) < 4.78 is 5.35. The van der Waals surface area contributed by atoms with Crippen LogP contribution < -0.4 is 5.32 Å². The molecule has 0 fully saturated rings. The minimum Gasteiger partial charge on any atom is -0.465 e. The van der Waals surface area contributed by atoms with Crippen molar-refractivity contribution in [2.24, 2.45) is 0 Å². The number of anilines is 1. The SMILES string of the molecule is COC(=O)c1ccc(NC(=O)c2cc(-c3ccc(Cl)s3)nc3ccccc23)cc1. The van der Waals surface area contributed by atoms with Crippen LogP contribution in [0.5, 0.6) is 0 Å². The van der Waals surface area contributed by atoms with E-state index in [4.69, 9.17) is 16.3 Å². The van der Waals surface area contributed by atoms with E-state index in [9.17, 15) is 9.59 Å². The van der Waals surface area contributed by atoms with Crippen molar-refractivity contribution in [2.75, 3.05) is 12.4 Å². The maximum Gasteiger partial charge on any atom is 0.337 e. The summed E-state index contributed by atoms with van der Waals surface area (Å²) in [5, 5.41) is 3.63. The zero-order valence-corrected chi connectivity index (χ0v) is 16.9. The first kappa shape index (κ1) is 19.1. The largest absolute Gasteiger partial charge is 0.465 e. The third-order valence-electron chi connectivity index (χ3n) is 4.35. The Kier molecular flexibility index (Phi) is 5.29. The number of para-hydroxylation sites is 1. The molecule has 4 aromatic rings. The van der Waals surface area contributed by atoms with Gasteiger partial charge in [-0.1, -0.05) is 29.8 Å². The Morgan fingerprint density at radius 2 is 1.79 bits per heavy atom. The second-order valence-electron chi connectivity index (χ2n) is 6.20. The summed E-state index contributed by atoms with van der Waals surface area (Å²) in [4.78, 5) is 30.2. The topological polar surface area (TPSA) is 68.3 Å². The Hall–Kier alpha value is -3.22. The molecule has 0 radical (unpaired) electrons. The molecule has 2 aromatic carbocycles. The molecule has 2 heterocycles. The average Bonchev–Trinajstić information content (AvgIpc) is 3.19. The van der Waals surface area contributed by atoms with Crippen molar-refractivity contribution in [3.63, 3.8) is 0 Å². The molecule has 0 unspecified atom stereocenters. The summed E-state index contributed by atoms with van der Waals surface area (Å²) in [7, 11) is 1.32. The normalized spacial score (nSPS) is 10.7. The number of benzene rings is 2. The molecule has 0 aliphatic rings. The first-order valence-corrected chi connectivity index (χ1v) is 9.90. The molecule has 4 rings (SSSR count). The maximum absolute atomic E-state index is 13.0. The van der Waals surface area contributed by atoms with Crippen molar-refractivity contribution in [3.05, 3.63) is 82.2 Å². The number of aromatic nitrogens is 1. The number of carbonyl (C=O) groups is 2. The fraction of sp³-hybridized carbons (Fsp3) is 0.0455. The number of methoxy groups -OCH3 is 1. The van der Waals surface area contributed by atoms with Crippen LogP contribution in [0.2, 0.25) is 4.34 Å². The zero-order valence-electron chi connectivity index (χ0n) is 15.3. The van der Waals surface area contributed by atoms with Crippen LogP contribution in [-0.4, -0.2) is 24.0 Å². The molecule has 2 aromatic heterocycles. The van der Waals surface area contributed by atoms with E-state index >= 15 is 0 Å².